The fourth-order valence-electron chi connectivity index (χ4n) is 1.52. The molecule has 108 valence electrons. The topological polar surface area (TPSA) is 84.6 Å². The Kier molecular flexibility index (Phi) is 5.72. The number of aliphatic hydroxyl groups is 1. The van der Waals surface area contributed by atoms with Crippen LogP contribution in [0.25, 0.3) is 10.8 Å². The minimum absolute atomic E-state index is 0.0146. The minimum Gasteiger partial charge on any atom is -0.462 e. The Hall–Kier alpha value is -1.70. The van der Waals surface area contributed by atoms with Crippen LogP contribution in [0, 0.1) is 0 Å². The molecule has 2 rings (SSSR count). The number of nitrogens with zero attached hydrogens (tertiary/aromatic N) is 1. The molecule has 0 aliphatic rings. The number of aromatic nitrogens is 1. The van der Waals surface area contributed by atoms with Crippen molar-refractivity contribution in [3.63, 3.8) is 0 Å². The van der Waals surface area contributed by atoms with E-state index in [1.165, 1.54) is 11.3 Å². The van der Waals surface area contributed by atoms with Gasteiger partial charge in [-0.2, -0.15) is 0 Å². The van der Waals surface area contributed by atoms with Crippen LogP contribution in [0.4, 0.5) is 0 Å². The highest BCUT2D eigenvalue weighted by Gasteiger charge is 2.12. The standard InChI is InChI=1S/C13H16N2O4S/c16-5-8-18-6-2-4-14-12(17)10-9-20-13(15-10)11-3-1-7-19-11/h1,3,7,9,16H,2,4-6,8H2,(H,14,17). The van der Waals surface area contributed by atoms with Gasteiger partial charge in [0.15, 0.2) is 10.8 Å². The molecule has 0 aromatic carbocycles. The minimum atomic E-state index is -0.207. The zero-order valence-corrected chi connectivity index (χ0v) is 11.7. The second kappa shape index (κ2) is 7.78. The molecule has 1 amide bonds. The van der Waals surface area contributed by atoms with Crippen LogP contribution in [-0.4, -0.2) is 42.4 Å². The van der Waals surface area contributed by atoms with E-state index >= 15 is 0 Å². The summed E-state index contributed by atoms with van der Waals surface area (Å²) in [6.45, 7) is 1.36. The third-order valence-electron chi connectivity index (χ3n) is 2.46. The van der Waals surface area contributed by atoms with Crippen LogP contribution in [0.2, 0.25) is 0 Å². The van der Waals surface area contributed by atoms with Crippen molar-refractivity contribution in [2.75, 3.05) is 26.4 Å². The molecule has 0 bridgehead atoms. The molecule has 0 unspecified atom stereocenters. The van der Waals surface area contributed by atoms with Gasteiger partial charge in [0.1, 0.15) is 5.69 Å². The molecule has 0 saturated carbocycles. The maximum atomic E-state index is 11.8. The number of hydrogen-bond donors (Lipinski definition) is 2. The number of ether oxygens (including phenoxy) is 1. The van der Waals surface area contributed by atoms with Crippen LogP contribution in [0.3, 0.4) is 0 Å². The van der Waals surface area contributed by atoms with Gasteiger partial charge in [-0.1, -0.05) is 0 Å². The Morgan fingerprint density at radius 2 is 2.40 bits per heavy atom. The lowest BCUT2D eigenvalue weighted by Gasteiger charge is -2.03. The zero-order chi connectivity index (χ0) is 14.2. The second-order valence-corrected chi connectivity index (χ2v) is 4.82. The summed E-state index contributed by atoms with van der Waals surface area (Å²) in [6.07, 6.45) is 2.27. The third-order valence-corrected chi connectivity index (χ3v) is 3.31. The molecular weight excluding hydrogens is 280 g/mol. The van der Waals surface area contributed by atoms with Crippen molar-refractivity contribution in [3.05, 3.63) is 29.5 Å². The van der Waals surface area contributed by atoms with Gasteiger partial charge >= 0.3 is 0 Å². The Morgan fingerprint density at radius 1 is 1.50 bits per heavy atom. The molecule has 0 atom stereocenters. The molecule has 2 heterocycles. The fraction of sp³-hybridized carbons (Fsp3) is 0.385. The molecule has 0 aliphatic heterocycles. The maximum Gasteiger partial charge on any atom is 0.270 e. The molecule has 2 N–H and O–H groups in total. The number of hydrogen-bond acceptors (Lipinski definition) is 6. The number of furan rings is 1. The monoisotopic (exact) mass is 296 g/mol. The molecule has 2 aromatic rings. The average molecular weight is 296 g/mol. The first-order chi connectivity index (χ1) is 9.81. The quantitative estimate of drug-likeness (QED) is 0.722. The van der Waals surface area contributed by atoms with Crippen LogP contribution in [-0.2, 0) is 4.74 Å². The van der Waals surface area contributed by atoms with E-state index in [0.29, 0.717) is 42.6 Å². The van der Waals surface area contributed by atoms with Gasteiger partial charge in [-0.25, -0.2) is 4.98 Å². The van der Waals surface area contributed by atoms with E-state index in [2.05, 4.69) is 10.3 Å². The molecule has 6 nitrogen and oxygen atoms in total. The lowest BCUT2D eigenvalue weighted by molar-refractivity contribution is 0.0866. The van der Waals surface area contributed by atoms with Gasteiger partial charge in [0.25, 0.3) is 5.91 Å². The Bertz CT molecular complexity index is 524. The van der Waals surface area contributed by atoms with Crippen LogP contribution in [0.15, 0.2) is 28.2 Å². The van der Waals surface area contributed by atoms with E-state index in [1.807, 2.05) is 0 Å². The highest BCUT2D eigenvalue weighted by molar-refractivity contribution is 7.13. The van der Waals surface area contributed by atoms with Crippen molar-refractivity contribution in [3.8, 4) is 10.8 Å². The Labute approximate surface area is 120 Å². The van der Waals surface area contributed by atoms with E-state index < -0.39 is 0 Å². The summed E-state index contributed by atoms with van der Waals surface area (Å²) in [6, 6.07) is 3.59. The summed E-state index contributed by atoms with van der Waals surface area (Å²) in [4.78, 5) is 16.1. The van der Waals surface area contributed by atoms with Gasteiger partial charge in [0.2, 0.25) is 0 Å². The van der Waals surface area contributed by atoms with Crippen LogP contribution in [0.5, 0.6) is 0 Å². The molecule has 0 fully saturated rings. The maximum absolute atomic E-state index is 11.8. The highest BCUT2D eigenvalue weighted by atomic mass is 32.1. The molecular formula is C13H16N2O4S. The number of aliphatic hydroxyl groups excluding tert-OH is 1. The SMILES string of the molecule is O=C(NCCCOCCO)c1csc(-c2ccco2)n1. The van der Waals surface area contributed by atoms with Crippen molar-refractivity contribution in [1.82, 2.24) is 10.3 Å². The Morgan fingerprint density at radius 3 is 3.15 bits per heavy atom. The number of carbonyl (C=O) groups excluding carboxylic acids is 1. The summed E-state index contributed by atoms with van der Waals surface area (Å²) in [5, 5.41) is 13.7. The predicted molar refractivity (Wildman–Crippen MR) is 74.7 cm³/mol. The van der Waals surface area contributed by atoms with E-state index in [4.69, 9.17) is 14.3 Å². The number of amides is 1. The van der Waals surface area contributed by atoms with E-state index in [9.17, 15) is 4.79 Å². The zero-order valence-electron chi connectivity index (χ0n) is 10.9. The van der Waals surface area contributed by atoms with Gasteiger partial charge in [-0.05, 0) is 18.6 Å². The molecule has 7 heteroatoms. The van der Waals surface area contributed by atoms with Crippen LogP contribution < -0.4 is 5.32 Å². The van der Waals surface area contributed by atoms with Crippen molar-refractivity contribution < 1.29 is 19.1 Å². The van der Waals surface area contributed by atoms with Gasteiger partial charge in [0, 0.05) is 18.5 Å². The lowest BCUT2D eigenvalue weighted by atomic mass is 10.4. The highest BCUT2D eigenvalue weighted by Crippen LogP contribution is 2.23. The Balaban J connectivity index is 1.76. The first kappa shape index (κ1) is 14.7. The van der Waals surface area contributed by atoms with Gasteiger partial charge in [-0.15, -0.1) is 11.3 Å². The van der Waals surface area contributed by atoms with Crippen molar-refractivity contribution in [1.29, 1.82) is 0 Å². The van der Waals surface area contributed by atoms with Crippen molar-refractivity contribution in [2.24, 2.45) is 0 Å². The van der Waals surface area contributed by atoms with Crippen molar-refractivity contribution >= 4 is 17.2 Å². The lowest BCUT2D eigenvalue weighted by Crippen LogP contribution is -2.25. The van der Waals surface area contributed by atoms with E-state index in [1.54, 1.807) is 23.8 Å². The van der Waals surface area contributed by atoms with E-state index in [0.717, 1.165) is 0 Å². The first-order valence-corrected chi connectivity index (χ1v) is 7.15. The summed E-state index contributed by atoms with van der Waals surface area (Å²) >= 11 is 1.37. The third kappa shape index (κ3) is 4.16. The number of thiazole rings is 1. The largest absolute Gasteiger partial charge is 0.462 e. The van der Waals surface area contributed by atoms with Gasteiger partial charge < -0.3 is 19.6 Å². The summed E-state index contributed by atoms with van der Waals surface area (Å²) in [5.41, 5.74) is 0.387. The molecule has 2 aromatic heterocycles. The fourth-order valence-corrected chi connectivity index (χ4v) is 2.29. The molecule has 20 heavy (non-hydrogen) atoms. The molecule has 0 radical (unpaired) electrons. The molecule has 0 aliphatic carbocycles. The van der Waals surface area contributed by atoms with Crippen LogP contribution >= 0.6 is 11.3 Å². The van der Waals surface area contributed by atoms with Crippen LogP contribution in [0.1, 0.15) is 16.9 Å². The number of carbonyl (C=O) groups is 1. The summed E-state index contributed by atoms with van der Waals surface area (Å²) < 4.78 is 10.3. The van der Waals surface area contributed by atoms with E-state index in [-0.39, 0.29) is 12.5 Å². The number of rotatable bonds is 8. The normalized spacial score (nSPS) is 10.7. The number of nitrogens with one attached hydrogen (secondary N) is 1. The second-order valence-electron chi connectivity index (χ2n) is 3.96. The predicted octanol–water partition coefficient (Wildman–Crippen LogP) is 1.53. The summed E-state index contributed by atoms with van der Waals surface area (Å²) in [5.74, 6) is 0.452. The van der Waals surface area contributed by atoms with Crippen molar-refractivity contribution in [2.45, 2.75) is 6.42 Å². The smallest absolute Gasteiger partial charge is 0.270 e. The first-order valence-electron chi connectivity index (χ1n) is 6.27. The summed E-state index contributed by atoms with van der Waals surface area (Å²) in [7, 11) is 0. The van der Waals surface area contributed by atoms with Gasteiger partial charge in [-0.3, -0.25) is 4.79 Å². The average Bonchev–Trinajstić information content (AvgIpc) is 3.12. The van der Waals surface area contributed by atoms with Gasteiger partial charge in [0.05, 0.1) is 19.5 Å². The molecule has 0 saturated heterocycles. The molecule has 0 spiro atoms.